The molecule has 0 aromatic carbocycles. The maximum absolute atomic E-state index is 11.4. The number of carbonyl (C=O) groups is 1. The summed E-state index contributed by atoms with van der Waals surface area (Å²) in [6, 6.07) is 0. The monoisotopic (exact) mass is 276 g/mol. The van der Waals surface area contributed by atoms with Gasteiger partial charge in [-0.15, -0.1) is 0 Å². The van der Waals surface area contributed by atoms with Crippen LogP contribution in [0.25, 0.3) is 0 Å². The Hall–Kier alpha value is 0.469. The number of hydrogen-bond acceptors (Lipinski definition) is 1. The van der Waals surface area contributed by atoms with E-state index in [9.17, 15) is 4.79 Å². The summed E-state index contributed by atoms with van der Waals surface area (Å²) in [5, 5.41) is 0. The summed E-state index contributed by atoms with van der Waals surface area (Å²) in [5.41, 5.74) is 0. The van der Waals surface area contributed by atoms with Crippen molar-refractivity contribution in [1.82, 2.24) is 0 Å². The van der Waals surface area contributed by atoms with Gasteiger partial charge in [-0.25, -0.2) is 0 Å². The summed E-state index contributed by atoms with van der Waals surface area (Å²) in [6.45, 7) is 2.22. The van der Waals surface area contributed by atoms with Gasteiger partial charge >= 0.3 is 79.8 Å². The third kappa shape index (κ3) is 2.75. The van der Waals surface area contributed by atoms with Crippen molar-refractivity contribution in [3.05, 3.63) is 0 Å². The molecular formula is C10H20OSn. The molecule has 0 aliphatic heterocycles. The molecule has 0 aromatic heterocycles. The van der Waals surface area contributed by atoms with Crippen LogP contribution < -0.4 is 0 Å². The van der Waals surface area contributed by atoms with Gasteiger partial charge in [-0.2, -0.15) is 0 Å². The third-order valence-corrected chi connectivity index (χ3v) is 11.2. The SMILES string of the molecule is C[C@H]1CC(=O)C[C@H]([Sn]([CH3])([CH3])[CH3])C1. The maximum atomic E-state index is 11.4. The standard InChI is InChI=1S/C7H11O.3CH3.Sn/c1-6-3-2-4-7(8)5-6;;;;/h2,6H,3-5H2,1H3;3*1H3;/t6-;;;;/m1..../s1. The van der Waals surface area contributed by atoms with Crippen molar-refractivity contribution in [3.63, 3.8) is 0 Å². The van der Waals surface area contributed by atoms with Crippen LogP contribution in [0.3, 0.4) is 0 Å². The van der Waals surface area contributed by atoms with E-state index in [1.807, 2.05) is 0 Å². The fourth-order valence-corrected chi connectivity index (χ4v) is 7.62. The molecule has 0 bridgehead atoms. The number of carbonyl (C=O) groups excluding carboxylic acids is 1. The van der Waals surface area contributed by atoms with E-state index in [4.69, 9.17) is 0 Å². The first-order chi connectivity index (χ1) is 5.39. The number of hydrogen-bond donors (Lipinski definition) is 0. The second-order valence-electron chi connectivity index (χ2n) is 5.35. The summed E-state index contributed by atoms with van der Waals surface area (Å²) in [5.74, 6) is 1.18. The Morgan fingerprint density at radius 2 is 1.83 bits per heavy atom. The van der Waals surface area contributed by atoms with Crippen LogP contribution in [-0.2, 0) is 4.79 Å². The quantitative estimate of drug-likeness (QED) is 0.672. The van der Waals surface area contributed by atoms with Gasteiger partial charge in [-0.1, -0.05) is 0 Å². The van der Waals surface area contributed by atoms with Crippen molar-refractivity contribution >= 4 is 24.2 Å². The molecule has 1 rings (SSSR count). The average molecular weight is 275 g/mol. The molecule has 0 heterocycles. The van der Waals surface area contributed by atoms with Gasteiger partial charge in [0.25, 0.3) is 0 Å². The first kappa shape index (κ1) is 10.5. The molecule has 1 nitrogen and oxygen atoms in total. The molecule has 2 atom stereocenters. The van der Waals surface area contributed by atoms with Crippen LogP contribution in [0.5, 0.6) is 0 Å². The number of rotatable bonds is 1. The molecule has 0 N–H and O–H groups in total. The van der Waals surface area contributed by atoms with Gasteiger partial charge in [0.1, 0.15) is 0 Å². The van der Waals surface area contributed by atoms with Crippen LogP contribution >= 0.6 is 0 Å². The molecule has 1 aliphatic rings. The second kappa shape index (κ2) is 3.68. The van der Waals surface area contributed by atoms with Crippen LogP contribution in [-0.4, -0.2) is 24.2 Å². The Bertz CT molecular complexity index is 181. The summed E-state index contributed by atoms with van der Waals surface area (Å²) >= 11 is -1.76. The first-order valence-corrected chi connectivity index (χ1v) is 15.1. The molecule has 0 aromatic rings. The van der Waals surface area contributed by atoms with Crippen molar-refractivity contribution in [2.75, 3.05) is 0 Å². The second-order valence-corrected chi connectivity index (χ2v) is 21.2. The van der Waals surface area contributed by atoms with Gasteiger partial charge in [0, 0.05) is 0 Å². The van der Waals surface area contributed by atoms with Gasteiger partial charge in [0.05, 0.1) is 0 Å². The average Bonchev–Trinajstić information content (AvgIpc) is 1.82. The molecule has 2 heteroatoms. The predicted octanol–water partition coefficient (Wildman–Crippen LogP) is 3.08. The van der Waals surface area contributed by atoms with Crippen molar-refractivity contribution in [2.24, 2.45) is 5.92 Å². The minimum absolute atomic E-state index is 0.519. The molecular weight excluding hydrogens is 255 g/mol. The Kier molecular flexibility index (Phi) is 3.24. The van der Waals surface area contributed by atoms with E-state index in [0.29, 0.717) is 11.7 Å². The zero-order chi connectivity index (χ0) is 9.35. The summed E-state index contributed by atoms with van der Waals surface area (Å²) in [7, 11) is 0. The van der Waals surface area contributed by atoms with Gasteiger partial charge in [-0.05, 0) is 0 Å². The van der Waals surface area contributed by atoms with Crippen LogP contribution in [0, 0.1) is 5.92 Å². The zero-order valence-corrected chi connectivity index (χ0v) is 11.5. The molecule has 0 saturated heterocycles. The molecule has 0 radical (unpaired) electrons. The molecule has 0 unspecified atom stereocenters. The van der Waals surface area contributed by atoms with Crippen LogP contribution in [0.1, 0.15) is 26.2 Å². The third-order valence-electron chi connectivity index (χ3n) is 2.96. The van der Waals surface area contributed by atoms with E-state index in [2.05, 4.69) is 21.7 Å². The van der Waals surface area contributed by atoms with Crippen LogP contribution in [0.2, 0.25) is 18.8 Å². The van der Waals surface area contributed by atoms with Crippen LogP contribution in [0.4, 0.5) is 0 Å². The minimum atomic E-state index is -1.76. The molecule has 70 valence electrons. The van der Waals surface area contributed by atoms with Gasteiger partial charge in [0.2, 0.25) is 0 Å². The molecule has 12 heavy (non-hydrogen) atoms. The topological polar surface area (TPSA) is 17.1 Å². The van der Waals surface area contributed by atoms with Crippen molar-refractivity contribution in [1.29, 1.82) is 0 Å². The number of ketones is 1. The predicted molar refractivity (Wildman–Crippen MR) is 55.1 cm³/mol. The van der Waals surface area contributed by atoms with E-state index in [1.54, 1.807) is 0 Å². The normalized spacial score (nSPS) is 32.2. The van der Waals surface area contributed by atoms with Crippen molar-refractivity contribution < 1.29 is 4.79 Å². The van der Waals surface area contributed by atoms with E-state index >= 15 is 0 Å². The fraction of sp³-hybridized carbons (Fsp3) is 0.900. The fourth-order valence-electron chi connectivity index (χ4n) is 2.06. The van der Waals surface area contributed by atoms with E-state index < -0.39 is 18.4 Å². The van der Waals surface area contributed by atoms with Gasteiger partial charge in [0.15, 0.2) is 0 Å². The molecule has 0 spiro atoms. The Morgan fingerprint density at radius 3 is 2.25 bits per heavy atom. The molecule has 0 amide bonds. The Labute approximate surface area is 79.8 Å². The van der Waals surface area contributed by atoms with Crippen molar-refractivity contribution in [2.45, 2.75) is 44.9 Å². The van der Waals surface area contributed by atoms with Gasteiger partial charge < -0.3 is 0 Å². The summed E-state index contributed by atoms with van der Waals surface area (Å²) < 4.78 is 0.815. The van der Waals surface area contributed by atoms with Crippen LogP contribution in [0.15, 0.2) is 0 Å². The first-order valence-electron chi connectivity index (χ1n) is 4.91. The Morgan fingerprint density at radius 1 is 1.25 bits per heavy atom. The Balaban J connectivity index is 2.62. The van der Waals surface area contributed by atoms with Crippen molar-refractivity contribution in [3.8, 4) is 0 Å². The summed E-state index contributed by atoms with van der Waals surface area (Å²) in [6.07, 6.45) is 3.08. The zero-order valence-electron chi connectivity index (χ0n) is 8.68. The molecule has 1 saturated carbocycles. The number of Topliss-reactive ketones (excluding diaryl/α,β-unsaturated/α-hetero) is 1. The summed E-state index contributed by atoms with van der Waals surface area (Å²) in [4.78, 5) is 18.7. The van der Waals surface area contributed by atoms with E-state index in [-0.39, 0.29) is 0 Å². The molecule has 1 aliphatic carbocycles. The van der Waals surface area contributed by atoms with Gasteiger partial charge in [-0.3, -0.25) is 0 Å². The van der Waals surface area contributed by atoms with E-state index in [0.717, 1.165) is 16.8 Å². The molecule has 1 fully saturated rings. The van der Waals surface area contributed by atoms with E-state index in [1.165, 1.54) is 6.42 Å².